The van der Waals surface area contributed by atoms with Crippen LogP contribution in [0, 0.1) is 28.4 Å². The molecular weight excluding hydrogens is 508 g/mol. The van der Waals surface area contributed by atoms with Gasteiger partial charge in [-0.25, -0.2) is 10.4 Å². The molecule has 0 amide bonds. The first-order valence-corrected chi connectivity index (χ1v) is 27.5. The van der Waals surface area contributed by atoms with Gasteiger partial charge in [0, 0.05) is 24.2 Å². The van der Waals surface area contributed by atoms with E-state index in [1.165, 1.54) is 0 Å². The van der Waals surface area contributed by atoms with Crippen LogP contribution in [0.2, 0.25) is 103 Å². The second-order valence-electron chi connectivity index (χ2n) is 13.2. The van der Waals surface area contributed by atoms with E-state index in [-0.39, 0.29) is 48.5 Å². The van der Waals surface area contributed by atoms with Gasteiger partial charge in [0.1, 0.15) is 0 Å². The quantitative estimate of drug-likeness (QED) is 0.232. The van der Waals surface area contributed by atoms with Gasteiger partial charge < -0.3 is 22.3 Å². The molecule has 0 N–H and O–H groups in total. The Labute approximate surface area is 212 Å². The molecule has 0 radical (unpaired) electrons. The molecule has 1 aliphatic rings. The minimum absolute atomic E-state index is 0. The minimum Gasteiger partial charge on any atom is -0.358 e. The van der Waals surface area contributed by atoms with Crippen molar-refractivity contribution < 1.29 is 26.2 Å². The molecule has 0 heterocycles. The zero-order valence-electron chi connectivity index (χ0n) is 23.5. The Hall–Kier alpha value is 1.45. The number of allylic oxidation sites excluding steroid dienone is 4. The van der Waals surface area contributed by atoms with Crippen LogP contribution in [0.15, 0.2) is 15.6 Å². The first-order valence-electron chi connectivity index (χ1n) is 10.0. The smallest absolute Gasteiger partial charge is 0.358 e. The van der Waals surface area contributed by atoms with E-state index in [1.807, 2.05) is 10.4 Å². The predicted molar refractivity (Wildman–Crippen MR) is 152 cm³/mol. The van der Waals surface area contributed by atoms with Gasteiger partial charge in [-0.2, -0.15) is 5.20 Å². The van der Waals surface area contributed by atoms with Crippen molar-refractivity contribution in [2.45, 2.75) is 103 Å². The van der Waals surface area contributed by atoms with Crippen molar-refractivity contribution >= 4 is 40.4 Å². The topological polar surface area (TPSA) is 0 Å². The largest absolute Gasteiger partial charge is 4.00 e. The zero-order valence-corrected chi connectivity index (χ0v) is 31.0. The molecule has 6 heteroatoms. The van der Waals surface area contributed by atoms with Crippen molar-refractivity contribution in [1.82, 2.24) is 0 Å². The van der Waals surface area contributed by atoms with Gasteiger partial charge >= 0.3 is 26.2 Å². The molecule has 29 heavy (non-hydrogen) atoms. The Morgan fingerprint density at radius 2 is 0.828 bits per heavy atom. The summed E-state index contributed by atoms with van der Waals surface area (Å²) in [5.74, 6) is 0. The number of hydrogen-bond donors (Lipinski definition) is 0. The third-order valence-corrected chi connectivity index (χ3v) is 22.4. The van der Waals surface area contributed by atoms with Crippen molar-refractivity contribution in [3.63, 3.8) is 0 Å². The van der Waals surface area contributed by atoms with Crippen molar-refractivity contribution in [2.24, 2.45) is 0 Å². The van der Waals surface area contributed by atoms with Gasteiger partial charge in [-0.15, -0.1) is 0 Å². The summed E-state index contributed by atoms with van der Waals surface area (Å²) in [7, 11) is -7.23. The summed E-state index contributed by atoms with van der Waals surface area (Å²) in [6, 6.07) is 0. The fourth-order valence-corrected chi connectivity index (χ4v) is 31.8. The molecular formula is C23H54Si5Zr. The van der Waals surface area contributed by atoms with Gasteiger partial charge in [-0.1, -0.05) is 103 Å². The molecule has 0 fully saturated rings. The molecule has 0 aliphatic heterocycles. The Kier molecular flexibility index (Phi) is 13.8. The Bertz CT molecular complexity index is 584. The standard InChI is InChI=1S/C20H45Si5.3CH3.Zr/c1-21(2,3)17-16-20(24(10,11)12,25(13,14)15)19(23(7,8)9)18(17)22(4,5)6;;;;/h1-15H3;3*1H3;/q4*-1;+4. The van der Waals surface area contributed by atoms with Crippen LogP contribution in [0.4, 0.5) is 0 Å². The molecule has 1 rings (SSSR count). The summed E-state index contributed by atoms with van der Waals surface area (Å²) in [6.07, 6.45) is 4.43. The maximum Gasteiger partial charge on any atom is 4.00 e. The first kappa shape index (κ1) is 37.7. The van der Waals surface area contributed by atoms with Crippen LogP contribution >= 0.6 is 0 Å². The molecule has 170 valence electrons. The maximum absolute atomic E-state index is 4.43. The second-order valence-corrected chi connectivity index (χ2v) is 39.2. The molecule has 0 aromatic heterocycles. The second kappa shape index (κ2) is 10.6. The van der Waals surface area contributed by atoms with Crippen molar-refractivity contribution in [3.05, 3.63) is 43.9 Å². The Balaban J connectivity index is -0.000000781. The predicted octanol–water partition coefficient (Wildman–Crippen LogP) is 8.96. The van der Waals surface area contributed by atoms with Gasteiger partial charge in [0.2, 0.25) is 0 Å². The van der Waals surface area contributed by atoms with E-state index in [2.05, 4.69) is 104 Å². The summed E-state index contributed by atoms with van der Waals surface area (Å²) in [5, 5.41) is 5.60. The van der Waals surface area contributed by atoms with E-state index in [0.717, 1.165) is 0 Å². The van der Waals surface area contributed by atoms with Crippen LogP contribution in [0.3, 0.4) is 0 Å². The number of hydrogen-bond acceptors (Lipinski definition) is 0. The molecule has 0 aromatic rings. The summed E-state index contributed by atoms with van der Waals surface area (Å²) in [6.45, 7) is 39.1. The average Bonchev–Trinajstić information content (AvgIpc) is 2.61. The normalized spacial score (nSPS) is 17.4. The Morgan fingerprint density at radius 3 is 1.00 bits per heavy atom. The Morgan fingerprint density at radius 1 is 0.517 bits per heavy atom. The van der Waals surface area contributed by atoms with Gasteiger partial charge in [0.05, 0.1) is 8.07 Å². The summed E-state index contributed by atoms with van der Waals surface area (Å²) < 4.78 is 0.329. The van der Waals surface area contributed by atoms with Gasteiger partial charge in [-0.3, -0.25) is 6.08 Å². The van der Waals surface area contributed by atoms with E-state index >= 15 is 0 Å². The zero-order chi connectivity index (χ0) is 20.4. The monoisotopic (exact) mass is 560 g/mol. The fraction of sp³-hybridized carbons (Fsp3) is 0.696. The molecule has 0 bridgehead atoms. The van der Waals surface area contributed by atoms with E-state index in [0.29, 0.717) is 4.66 Å². The van der Waals surface area contributed by atoms with Crippen LogP contribution in [0.25, 0.3) is 0 Å². The minimum atomic E-state index is -1.47. The van der Waals surface area contributed by atoms with E-state index in [9.17, 15) is 0 Å². The maximum atomic E-state index is 4.43. The third-order valence-electron chi connectivity index (χ3n) is 5.69. The molecule has 0 saturated carbocycles. The van der Waals surface area contributed by atoms with E-state index in [1.54, 1.807) is 5.20 Å². The van der Waals surface area contributed by atoms with Crippen molar-refractivity contribution in [3.8, 4) is 0 Å². The molecule has 0 unspecified atom stereocenters. The summed E-state index contributed by atoms with van der Waals surface area (Å²) in [5.41, 5.74) is 0. The van der Waals surface area contributed by atoms with Gasteiger partial charge in [0.15, 0.2) is 0 Å². The van der Waals surface area contributed by atoms with Crippen molar-refractivity contribution in [1.29, 1.82) is 0 Å². The van der Waals surface area contributed by atoms with Gasteiger partial charge in [-0.05, 0) is 8.07 Å². The van der Waals surface area contributed by atoms with E-state index < -0.39 is 40.4 Å². The summed E-state index contributed by atoms with van der Waals surface area (Å²) in [4.78, 5) is 0. The molecule has 0 saturated heterocycles. The van der Waals surface area contributed by atoms with Crippen LogP contribution in [0.1, 0.15) is 0 Å². The fourth-order valence-electron chi connectivity index (χ4n) is 5.12. The van der Waals surface area contributed by atoms with Crippen molar-refractivity contribution in [2.75, 3.05) is 0 Å². The van der Waals surface area contributed by atoms with Gasteiger partial charge in [0.25, 0.3) is 0 Å². The average molecular weight is 562 g/mol. The number of rotatable bonds is 5. The van der Waals surface area contributed by atoms with Crippen LogP contribution in [-0.4, -0.2) is 40.4 Å². The third kappa shape index (κ3) is 6.96. The van der Waals surface area contributed by atoms with Crippen LogP contribution < -0.4 is 0 Å². The van der Waals surface area contributed by atoms with Crippen LogP contribution in [0.5, 0.6) is 0 Å². The first-order chi connectivity index (χ1) is 10.6. The molecule has 1 aliphatic carbocycles. The van der Waals surface area contributed by atoms with E-state index in [4.69, 9.17) is 0 Å². The summed E-state index contributed by atoms with van der Waals surface area (Å²) >= 11 is 0. The molecule has 0 spiro atoms. The SMILES string of the molecule is C[Si](C)(C)C1=[C-]C([Si](C)(C)C)([Si](C)(C)C)C([Si](C)(C)C)=C1[Si](C)(C)C.[CH3-].[CH3-].[CH3-].[Zr+4]. The molecule has 0 aromatic carbocycles. The van der Waals surface area contributed by atoms with Crippen LogP contribution in [-0.2, 0) is 26.2 Å². The molecule has 0 atom stereocenters. The molecule has 0 nitrogen and oxygen atoms in total.